The van der Waals surface area contributed by atoms with Crippen molar-refractivity contribution < 1.29 is 24.0 Å². The normalized spacial score (nSPS) is 16.7. The Morgan fingerprint density at radius 2 is 2.27 bits per heavy atom. The van der Waals surface area contributed by atoms with Crippen LogP contribution >= 0.6 is 0 Å². The quantitative estimate of drug-likeness (QED) is 0.454. The lowest BCUT2D eigenvalue weighted by molar-refractivity contribution is -0.389. The van der Waals surface area contributed by atoms with E-state index in [1.807, 2.05) is 0 Å². The minimum absolute atomic E-state index is 0.0204. The van der Waals surface area contributed by atoms with Crippen LogP contribution in [0.5, 0.6) is 5.75 Å². The lowest BCUT2D eigenvalue weighted by atomic mass is 10.2. The fraction of sp³-hybridized carbons (Fsp3) is 0.462. The first-order chi connectivity index (χ1) is 10.4. The molecule has 9 heteroatoms. The molecule has 0 aliphatic carbocycles. The first-order valence-electron chi connectivity index (χ1n) is 6.73. The van der Waals surface area contributed by atoms with Gasteiger partial charge in [0.2, 0.25) is 0 Å². The average molecular weight is 309 g/mol. The van der Waals surface area contributed by atoms with Crippen LogP contribution in [0.4, 0.5) is 11.6 Å². The van der Waals surface area contributed by atoms with Crippen molar-refractivity contribution in [3.05, 3.63) is 22.2 Å². The Bertz CT molecular complexity index is 618. The Hall–Kier alpha value is -2.71. The summed E-state index contributed by atoms with van der Waals surface area (Å²) in [7, 11) is 0. The number of anilines is 1. The molecule has 0 bridgehead atoms. The first-order valence-corrected chi connectivity index (χ1v) is 6.73. The number of carbonyl (C=O) groups is 2. The maximum absolute atomic E-state index is 12.2. The predicted octanol–water partition coefficient (Wildman–Crippen LogP) is 1.06. The molecular formula is C13H15N3O6. The summed E-state index contributed by atoms with van der Waals surface area (Å²) in [6.07, 6.45) is -0.784. The Morgan fingerprint density at radius 1 is 1.55 bits per heavy atom. The van der Waals surface area contributed by atoms with E-state index in [2.05, 4.69) is 4.98 Å². The fourth-order valence-corrected chi connectivity index (χ4v) is 2.03. The highest BCUT2D eigenvalue weighted by atomic mass is 16.6. The van der Waals surface area contributed by atoms with Crippen LogP contribution in [-0.4, -0.2) is 41.0 Å². The van der Waals surface area contributed by atoms with Gasteiger partial charge in [-0.15, -0.1) is 0 Å². The molecule has 0 saturated heterocycles. The number of esters is 1. The van der Waals surface area contributed by atoms with Crippen LogP contribution in [0.25, 0.3) is 0 Å². The van der Waals surface area contributed by atoms with E-state index >= 15 is 0 Å². The monoisotopic (exact) mass is 309 g/mol. The third-order valence-corrected chi connectivity index (χ3v) is 3.03. The molecule has 22 heavy (non-hydrogen) atoms. The van der Waals surface area contributed by atoms with E-state index in [9.17, 15) is 19.7 Å². The van der Waals surface area contributed by atoms with Gasteiger partial charge in [0.25, 0.3) is 11.7 Å². The molecule has 1 atom stereocenters. The molecule has 0 N–H and O–H groups in total. The summed E-state index contributed by atoms with van der Waals surface area (Å²) in [6, 6.07) is 2.59. The predicted molar refractivity (Wildman–Crippen MR) is 74.6 cm³/mol. The van der Waals surface area contributed by atoms with Crippen LogP contribution < -0.4 is 9.64 Å². The van der Waals surface area contributed by atoms with Crippen LogP contribution in [0.2, 0.25) is 0 Å². The molecule has 2 heterocycles. The number of nitro groups is 1. The number of rotatable bonds is 5. The number of ether oxygens (including phenoxy) is 2. The van der Waals surface area contributed by atoms with E-state index in [0.29, 0.717) is 0 Å². The molecule has 1 aliphatic heterocycles. The minimum atomic E-state index is -0.752. The summed E-state index contributed by atoms with van der Waals surface area (Å²) in [5, 5.41) is 10.8. The van der Waals surface area contributed by atoms with Crippen molar-refractivity contribution >= 4 is 23.5 Å². The molecule has 1 amide bonds. The van der Waals surface area contributed by atoms with Crippen LogP contribution in [0.3, 0.4) is 0 Å². The molecule has 1 aromatic rings. The van der Waals surface area contributed by atoms with Gasteiger partial charge < -0.3 is 19.6 Å². The number of hydrogen-bond acceptors (Lipinski definition) is 7. The fourth-order valence-electron chi connectivity index (χ4n) is 2.03. The zero-order chi connectivity index (χ0) is 16.3. The number of aromatic nitrogens is 1. The van der Waals surface area contributed by atoms with Crippen molar-refractivity contribution in [1.29, 1.82) is 0 Å². The second kappa shape index (κ2) is 6.37. The molecule has 0 aromatic carbocycles. The Labute approximate surface area is 126 Å². The lowest BCUT2D eigenvalue weighted by Crippen LogP contribution is -2.45. The van der Waals surface area contributed by atoms with Crippen molar-refractivity contribution in [1.82, 2.24) is 4.98 Å². The molecule has 0 radical (unpaired) electrons. The molecule has 118 valence electrons. The van der Waals surface area contributed by atoms with E-state index in [4.69, 9.17) is 9.47 Å². The van der Waals surface area contributed by atoms with Crippen LogP contribution in [-0.2, 0) is 14.3 Å². The number of pyridine rings is 1. The summed E-state index contributed by atoms with van der Waals surface area (Å²) in [4.78, 5) is 38.8. The van der Waals surface area contributed by atoms with Crippen molar-refractivity contribution in [2.24, 2.45) is 0 Å². The van der Waals surface area contributed by atoms with Gasteiger partial charge in [0.1, 0.15) is 0 Å². The van der Waals surface area contributed by atoms with E-state index < -0.39 is 28.7 Å². The minimum Gasteiger partial charge on any atom is -0.475 e. The second-order valence-corrected chi connectivity index (χ2v) is 4.55. The molecule has 1 unspecified atom stereocenters. The third kappa shape index (κ3) is 3.13. The van der Waals surface area contributed by atoms with Gasteiger partial charge in [-0.25, -0.2) is 0 Å². The van der Waals surface area contributed by atoms with Gasteiger partial charge in [0.15, 0.2) is 11.9 Å². The largest absolute Gasteiger partial charge is 0.475 e. The maximum Gasteiger partial charge on any atom is 0.366 e. The van der Waals surface area contributed by atoms with Gasteiger partial charge in [-0.3, -0.25) is 14.5 Å². The van der Waals surface area contributed by atoms with Crippen molar-refractivity contribution in [3.63, 3.8) is 0 Å². The summed E-state index contributed by atoms with van der Waals surface area (Å²) in [5.74, 6) is -0.958. The van der Waals surface area contributed by atoms with Crippen molar-refractivity contribution in [3.8, 4) is 5.75 Å². The topological polar surface area (TPSA) is 112 Å². The Morgan fingerprint density at radius 3 is 2.91 bits per heavy atom. The highest BCUT2D eigenvalue weighted by Gasteiger charge is 2.36. The van der Waals surface area contributed by atoms with Gasteiger partial charge in [-0.05, 0) is 29.8 Å². The SMILES string of the molecule is CCOC(=O)CCN1C(=O)C(C)Oc2ccc([N+](=O)[O-])nc21. The molecule has 1 aromatic heterocycles. The van der Waals surface area contributed by atoms with Crippen molar-refractivity contribution in [2.45, 2.75) is 26.4 Å². The molecular weight excluding hydrogens is 294 g/mol. The van der Waals surface area contributed by atoms with Crippen LogP contribution in [0.1, 0.15) is 20.3 Å². The number of fused-ring (bicyclic) bond motifs is 1. The number of hydrogen-bond donors (Lipinski definition) is 0. The van der Waals surface area contributed by atoms with E-state index in [0.717, 1.165) is 0 Å². The average Bonchev–Trinajstić information content (AvgIpc) is 2.47. The van der Waals surface area contributed by atoms with Gasteiger partial charge in [-0.1, -0.05) is 0 Å². The van der Waals surface area contributed by atoms with Crippen molar-refractivity contribution in [2.75, 3.05) is 18.1 Å². The first kappa shape index (κ1) is 15.7. The maximum atomic E-state index is 12.2. The Kier molecular flexibility index (Phi) is 4.54. The second-order valence-electron chi connectivity index (χ2n) is 4.55. The zero-order valence-corrected chi connectivity index (χ0v) is 12.1. The van der Waals surface area contributed by atoms with Gasteiger partial charge in [-0.2, -0.15) is 0 Å². The summed E-state index contributed by atoms with van der Waals surface area (Å²) >= 11 is 0. The molecule has 0 saturated carbocycles. The number of nitrogens with zero attached hydrogens (tertiary/aromatic N) is 3. The third-order valence-electron chi connectivity index (χ3n) is 3.03. The van der Waals surface area contributed by atoms with Crippen LogP contribution in [0.15, 0.2) is 12.1 Å². The standard InChI is InChI=1S/C13H15N3O6/c1-3-21-11(17)6-7-15-12-9(22-8(2)13(15)18)4-5-10(14-12)16(19)20/h4-5,8H,3,6-7H2,1-2H3. The smallest absolute Gasteiger partial charge is 0.366 e. The molecule has 9 nitrogen and oxygen atoms in total. The molecule has 0 spiro atoms. The van der Waals surface area contributed by atoms with E-state index in [1.165, 1.54) is 17.0 Å². The molecule has 1 aliphatic rings. The summed E-state index contributed by atoms with van der Waals surface area (Å²) in [5.41, 5.74) is 0. The number of carbonyl (C=O) groups excluding carboxylic acids is 2. The number of amides is 1. The van der Waals surface area contributed by atoms with E-state index in [-0.39, 0.29) is 31.1 Å². The lowest BCUT2D eigenvalue weighted by Gasteiger charge is -2.29. The summed E-state index contributed by atoms with van der Waals surface area (Å²) < 4.78 is 10.2. The van der Waals surface area contributed by atoms with Gasteiger partial charge in [0.05, 0.1) is 13.0 Å². The van der Waals surface area contributed by atoms with E-state index in [1.54, 1.807) is 13.8 Å². The zero-order valence-electron chi connectivity index (χ0n) is 12.1. The highest BCUT2D eigenvalue weighted by molar-refractivity contribution is 5.99. The van der Waals surface area contributed by atoms with Gasteiger partial charge in [0, 0.05) is 12.6 Å². The highest BCUT2D eigenvalue weighted by Crippen LogP contribution is 2.33. The molecule has 0 fully saturated rings. The summed E-state index contributed by atoms with van der Waals surface area (Å²) in [6.45, 7) is 3.50. The Balaban J connectivity index is 2.28. The van der Waals surface area contributed by atoms with Crippen LogP contribution in [0, 0.1) is 10.1 Å². The van der Waals surface area contributed by atoms with Gasteiger partial charge >= 0.3 is 11.8 Å². The molecule has 2 rings (SSSR count).